The van der Waals surface area contributed by atoms with Crippen molar-refractivity contribution in [3.05, 3.63) is 39.1 Å². The first-order chi connectivity index (χ1) is 11.4. The molecule has 0 unspecified atom stereocenters. The number of nitrogens with zero attached hydrogens (tertiary/aromatic N) is 1. The molecule has 0 amide bonds. The molecule has 0 bridgehead atoms. The predicted molar refractivity (Wildman–Crippen MR) is 103 cm³/mol. The average molecular weight is 367 g/mol. The zero-order valence-corrected chi connectivity index (χ0v) is 15.8. The van der Waals surface area contributed by atoms with E-state index in [-0.39, 0.29) is 11.3 Å². The fraction of sp³-hybridized carbons (Fsp3) is 0.471. The van der Waals surface area contributed by atoms with Crippen molar-refractivity contribution in [2.75, 3.05) is 19.3 Å². The highest BCUT2D eigenvalue weighted by Crippen LogP contribution is 2.28. The maximum Gasteiger partial charge on any atom is 0.348 e. The van der Waals surface area contributed by atoms with Crippen molar-refractivity contribution in [3.63, 3.8) is 0 Å². The molecule has 0 saturated heterocycles. The van der Waals surface area contributed by atoms with Gasteiger partial charge in [0.05, 0.1) is 16.5 Å². The van der Waals surface area contributed by atoms with Crippen LogP contribution in [0.3, 0.4) is 0 Å². The van der Waals surface area contributed by atoms with Gasteiger partial charge in [-0.05, 0) is 44.9 Å². The molecule has 0 spiro atoms. The van der Waals surface area contributed by atoms with Crippen LogP contribution in [0.15, 0.2) is 31.5 Å². The zero-order valence-electron chi connectivity index (χ0n) is 14.1. The van der Waals surface area contributed by atoms with Crippen LogP contribution in [-0.2, 0) is 0 Å². The molecule has 0 atom stereocenters. The molecule has 2 N–H and O–H groups in total. The fourth-order valence-corrected chi connectivity index (χ4v) is 3.42. The number of allylic oxidation sites excluding steroid dienone is 1. The van der Waals surface area contributed by atoms with Gasteiger partial charge in [-0.25, -0.2) is 4.79 Å². The number of thiocarbonyl (C=S) groups is 1. The van der Waals surface area contributed by atoms with E-state index in [1.54, 1.807) is 25.6 Å². The summed E-state index contributed by atoms with van der Waals surface area (Å²) in [6.45, 7) is 4.48. The lowest BCUT2D eigenvalue weighted by Gasteiger charge is -2.10. The molecule has 1 aliphatic carbocycles. The van der Waals surface area contributed by atoms with Gasteiger partial charge in [-0.2, -0.15) is 0 Å². The Morgan fingerprint density at radius 3 is 2.92 bits per heavy atom. The highest BCUT2D eigenvalue weighted by atomic mass is 32.2. The maximum absolute atomic E-state index is 11.8. The Morgan fingerprint density at radius 2 is 2.25 bits per heavy atom. The van der Waals surface area contributed by atoms with Crippen molar-refractivity contribution in [1.82, 2.24) is 5.32 Å². The molecular weight excluding hydrogens is 344 g/mol. The van der Waals surface area contributed by atoms with Crippen molar-refractivity contribution < 1.29 is 9.52 Å². The predicted octanol–water partition coefficient (Wildman–Crippen LogP) is 3.18. The van der Waals surface area contributed by atoms with Gasteiger partial charge in [0, 0.05) is 18.3 Å². The van der Waals surface area contributed by atoms with Gasteiger partial charge in [-0.3, -0.25) is 4.99 Å². The molecule has 2 rings (SSSR count). The van der Waals surface area contributed by atoms with Gasteiger partial charge in [-0.1, -0.05) is 12.2 Å². The summed E-state index contributed by atoms with van der Waals surface area (Å²) in [7, 11) is 0. The topological polar surface area (TPSA) is 74.8 Å². The fourth-order valence-electron chi connectivity index (χ4n) is 2.73. The Labute approximate surface area is 151 Å². The first-order valence-electron chi connectivity index (χ1n) is 7.83. The van der Waals surface area contributed by atoms with Crippen LogP contribution in [0.5, 0.6) is 5.75 Å². The Hall–Kier alpha value is -1.60. The van der Waals surface area contributed by atoms with Crippen molar-refractivity contribution in [2.45, 2.75) is 33.1 Å². The summed E-state index contributed by atoms with van der Waals surface area (Å²) < 4.78 is 5.97. The Bertz CT molecular complexity index is 751. The summed E-state index contributed by atoms with van der Waals surface area (Å²) in [6.07, 6.45) is 5.17. The van der Waals surface area contributed by atoms with E-state index in [2.05, 4.69) is 10.3 Å². The van der Waals surface area contributed by atoms with Crippen LogP contribution in [0.4, 0.5) is 0 Å². The van der Waals surface area contributed by atoms with Crippen LogP contribution >= 0.6 is 24.0 Å². The van der Waals surface area contributed by atoms with Gasteiger partial charge in [0.25, 0.3) is 0 Å². The van der Waals surface area contributed by atoms with E-state index in [0.717, 1.165) is 23.5 Å². The smallest absolute Gasteiger partial charge is 0.348 e. The van der Waals surface area contributed by atoms with E-state index < -0.39 is 5.63 Å². The Morgan fingerprint density at radius 1 is 1.50 bits per heavy atom. The van der Waals surface area contributed by atoms with E-state index >= 15 is 0 Å². The second kappa shape index (κ2) is 8.48. The third-order valence-electron chi connectivity index (χ3n) is 3.86. The number of rotatable bonds is 6. The quantitative estimate of drug-likeness (QED) is 0.458. The number of hydrogen-bond acceptors (Lipinski definition) is 7. The van der Waals surface area contributed by atoms with Gasteiger partial charge < -0.3 is 14.8 Å². The second-order valence-corrected chi connectivity index (χ2v) is 7.08. The number of aryl methyl sites for hydroxylation is 1. The molecule has 0 aliphatic heterocycles. The van der Waals surface area contributed by atoms with Gasteiger partial charge in [0.15, 0.2) is 0 Å². The maximum atomic E-state index is 11.8. The normalized spacial score (nSPS) is 15.0. The lowest BCUT2D eigenvalue weighted by molar-refractivity contribution is 0.432. The van der Waals surface area contributed by atoms with Crippen LogP contribution in [-0.4, -0.2) is 34.4 Å². The summed E-state index contributed by atoms with van der Waals surface area (Å²) in [6, 6.07) is 1.42. The lowest BCUT2D eigenvalue weighted by Crippen LogP contribution is -2.19. The summed E-state index contributed by atoms with van der Waals surface area (Å²) in [5.41, 5.74) is 2.50. The summed E-state index contributed by atoms with van der Waals surface area (Å²) in [5.74, 6) is 0.283. The standard InChI is InChI=1S/C17H22N2O3S2/c1-10-9-14(20)15(16(21)22-10)11(2)18-7-8-19-13-6-4-5-12(13)17(23)24-3/h9,19-20H,4-8H2,1-3H3. The van der Waals surface area contributed by atoms with Crippen LogP contribution in [0, 0.1) is 6.92 Å². The molecule has 7 heteroatoms. The number of hydrogen-bond donors (Lipinski definition) is 2. The highest BCUT2D eigenvalue weighted by molar-refractivity contribution is 8.23. The SMILES string of the molecule is CSC(=S)C1=C(NCCN=C(C)c2c(O)cc(C)oc2=O)CCC1. The molecule has 0 radical (unpaired) electrons. The van der Waals surface area contributed by atoms with Gasteiger partial charge in [0.2, 0.25) is 0 Å². The van der Waals surface area contributed by atoms with Crippen molar-refractivity contribution in [2.24, 2.45) is 4.99 Å². The van der Waals surface area contributed by atoms with Crippen molar-refractivity contribution >= 4 is 33.9 Å². The second-order valence-electron chi connectivity index (χ2n) is 5.60. The average Bonchev–Trinajstić information content (AvgIpc) is 2.98. The summed E-state index contributed by atoms with van der Waals surface area (Å²) in [4.78, 5) is 16.2. The largest absolute Gasteiger partial charge is 0.507 e. The number of nitrogens with one attached hydrogen (secondary N) is 1. The minimum absolute atomic E-state index is 0.0935. The number of aliphatic imine (C=N–C) groups is 1. The molecule has 5 nitrogen and oxygen atoms in total. The molecule has 1 heterocycles. The van der Waals surface area contributed by atoms with E-state index in [1.807, 2.05) is 6.26 Å². The lowest BCUT2D eigenvalue weighted by atomic mass is 10.1. The van der Waals surface area contributed by atoms with Gasteiger partial charge >= 0.3 is 5.63 Å². The van der Waals surface area contributed by atoms with E-state index in [1.165, 1.54) is 17.3 Å². The highest BCUT2D eigenvalue weighted by Gasteiger charge is 2.17. The van der Waals surface area contributed by atoms with E-state index in [0.29, 0.717) is 24.6 Å². The minimum Gasteiger partial charge on any atom is -0.507 e. The van der Waals surface area contributed by atoms with Crippen LogP contribution < -0.4 is 10.9 Å². The van der Waals surface area contributed by atoms with Crippen LogP contribution in [0.25, 0.3) is 0 Å². The molecule has 1 aromatic heterocycles. The van der Waals surface area contributed by atoms with Gasteiger partial charge in [0.1, 0.15) is 17.1 Å². The number of thioether (sulfide) groups is 1. The van der Waals surface area contributed by atoms with Crippen molar-refractivity contribution in [3.8, 4) is 5.75 Å². The third kappa shape index (κ3) is 4.48. The molecule has 1 aliphatic rings. The molecule has 0 aromatic carbocycles. The molecule has 0 saturated carbocycles. The Kier molecular flexibility index (Phi) is 6.62. The summed E-state index contributed by atoms with van der Waals surface area (Å²) >= 11 is 6.98. The molecule has 0 fully saturated rings. The molecule has 24 heavy (non-hydrogen) atoms. The third-order valence-corrected chi connectivity index (χ3v) is 5.23. The van der Waals surface area contributed by atoms with Crippen molar-refractivity contribution in [1.29, 1.82) is 0 Å². The first kappa shape index (κ1) is 18.7. The molecular formula is C17H22N2O3S2. The first-order valence-corrected chi connectivity index (χ1v) is 9.46. The summed E-state index contributed by atoms with van der Waals surface area (Å²) in [5, 5.41) is 13.3. The molecule has 130 valence electrons. The van der Waals surface area contributed by atoms with E-state index in [9.17, 15) is 9.90 Å². The van der Waals surface area contributed by atoms with E-state index in [4.69, 9.17) is 16.6 Å². The Balaban J connectivity index is 2.00. The zero-order chi connectivity index (χ0) is 17.7. The number of aromatic hydroxyl groups is 1. The van der Waals surface area contributed by atoms with Crippen LogP contribution in [0.2, 0.25) is 0 Å². The van der Waals surface area contributed by atoms with Gasteiger partial charge in [-0.15, -0.1) is 11.8 Å². The molecule has 1 aromatic rings. The monoisotopic (exact) mass is 366 g/mol. The minimum atomic E-state index is -0.562. The van der Waals surface area contributed by atoms with Crippen LogP contribution in [0.1, 0.15) is 37.5 Å².